The maximum absolute atomic E-state index is 14.6. The summed E-state index contributed by atoms with van der Waals surface area (Å²) in [6.07, 6.45) is 15.4. The lowest BCUT2D eigenvalue weighted by atomic mass is 9.47. The molecule has 4 rings (SSSR count). The van der Waals surface area contributed by atoms with E-state index in [0.29, 0.717) is 17.8 Å². The molecular weight excluding hydrogens is 290 g/mol. The van der Waals surface area contributed by atoms with Gasteiger partial charge in [-0.2, -0.15) is 0 Å². The molecule has 0 spiro atoms. The Labute approximate surface area is 141 Å². The quantitative estimate of drug-likeness (QED) is 0.478. The smallest absolute Gasteiger partial charge is 0.207 e. The lowest BCUT2D eigenvalue weighted by molar-refractivity contribution is -0.147. The van der Waals surface area contributed by atoms with Gasteiger partial charge >= 0.3 is 0 Å². The summed E-state index contributed by atoms with van der Waals surface area (Å²) in [5.41, 5.74) is 0.883. The highest BCUT2D eigenvalue weighted by atomic mass is 19.3. The molecule has 0 aromatic heterocycles. The molecule has 4 saturated carbocycles. The first-order valence-electron chi connectivity index (χ1n) is 10.3. The second-order valence-corrected chi connectivity index (χ2v) is 9.19. The summed E-state index contributed by atoms with van der Waals surface area (Å²) in [6.45, 7) is 4.32. The standard InChI is InChI=1S/C21H36F2/c1-3-5-9-19-10-13-20(14-11-19,15-12-19)18-8-7-17(6-4-2)21(22,23)16-18/h17-18H,3-16H2,1-2H3/t17-,18-,19?,20?/m0/s1. The predicted octanol–water partition coefficient (Wildman–Crippen LogP) is 7.37. The zero-order valence-corrected chi connectivity index (χ0v) is 15.3. The number of halogens is 2. The number of alkyl halides is 2. The molecule has 0 unspecified atom stereocenters. The van der Waals surface area contributed by atoms with Crippen LogP contribution in [0.5, 0.6) is 0 Å². The van der Waals surface area contributed by atoms with Crippen molar-refractivity contribution in [2.45, 2.75) is 110 Å². The number of rotatable bonds is 6. The van der Waals surface area contributed by atoms with Crippen molar-refractivity contribution in [1.29, 1.82) is 0 Å². The highest BCUT2D eigenvalue weighted by Gasteiger charge is 2.55. The summed E-state index contributed by atoms with van der Waals surface area (Å²) < 4.78 is 29.2. The van der Waals surface area contributed by atoms with E-state index in [1.165, 1.54) is 57.8 Å². The van der Waals surface area contributed by atoms with Crippen LogP contribution in [0.2, 0.25) is 0 Å². The first-order valence-corrected chi connectivity index (χ1v) is 10.3. The SMILES string of the molecule is CCCCC12CCC([C@H]3CC[C@H](CCC)C(F)(F)C3)(CC1)CC2. The van der Waals surface area contributed by atoms with Crippen molar-refractivity contribution < 1.29 is 8.78 Å². The summed E-state index contributed by atoms with van der Waals surface area (Å²) in [4.78, 5) is 0. The van der Waals surface area contributed by atoms with Gasteiger partial charge in [-0.1, -0.05) is 33.1 Å². The molecule has 0 saturated heterocycles. The highest BCUT2D eigenvalue weighted by Crippen LogP contribution is 2.64. The molecule has 0 N–H and O–H groups in total. The van der Waals surface area contributed by atoms with Crippen molar-refractivity contribution in [2.24, 2.45) is 22.7 Å². The van der Waals surface area contributed by atoms with Gasteiger partial charge in [0.2, 0.25) is 0 Å². The molecule has 4 aliphatic rings. The Morgan fingerprint density at radius 2 is 1.52 bits per heavy atom. The molecule has 0 aromatic rings. The Kier molecular flexibility index (Phi) is 5.10. The maximum atomic E-state index is 14.6. The van der Waals surface area contributed by atoms with Crippen molar-refractivity contribution in [3.63, 3.8) is 0 Å². The number of hydrogen-bond donors (Lipinski definition) is 0. The highest BCUT2D eigenvalue weighted by molar-refractivity contribution is 5.04. The van der Waals surface area contributed by atoms with Crippen LogP contribution in [0, 0.1) is 22.7 Å². The Hall–Kier alpha value is -0.140. The van der Waals surface area contributed by atoms with E-state index in [-0.39, 0.29) is 17.8 Å². The van der Waals surface area contributed by atoms with E-state index in [2.05, 4.69) is 6.92 Å². The first-order chi connectivity index (χ1) is 11.0. The van der Waals surface area contributed by atoms with E-state index in [1.807, 2.05) is 6.92 Å². The van der Waals surface area contributed by atoms with Gasteiger partial charge in [0.15, 0.2) is 0 Å². The second-order valence-electron chi connectivity index (χ2n) is 9.19. The molecule has 23 heavy (non-hydrogen) atoms. The van der Waals surface area contributed by atoms with Gasteiger partial charge in [0, 0.05) is 12.3 Å². The van der Waals surface area contributed by atoms with Gasteiger partial charge in [0.25, 0.3) is 5.92 Å². The zero-order valence-electron chi connectivity index (χ0n) is 15.3. The molecule has 0 heterocycles. The molecule has 134 valence electrons. The molecule has 0 aromatic carbocycles. The summed E-state index contributed by atoms with van der Waals surface area (Å²) in [5.74, 6) is -2.44. The predicted molar refractivity (Wildman–Crippen MR) is 92.8 cm³/mol. The van der Waals surface area contributed by atoms with Gasteiger partial charge in [-0.3, -0.25) is 0 Å². The van der Waals surface area contributed by atoms with E-state index in [9.17, 15) is 8.78 Å². The molecule has 2 atom stereocenters. The molecule has 4 aliphatic carbocycles. The third kappa shape index (κ3) is 3.33. The van der Waals surface area contributed by atoms with E-state index in [0.717, 1.165) is 19.3 Å². The Bertz CT molecular complexity index is 376. The van der Waals surface area contributed by atoms with E-state index in [4.69, 9.17) is 0 Å². The zero-order chi connectivity index (χ0) is 16.6. The van der Waals surface area contributed by atoms with Crippen LogP contribution < -0.4 is 0 Å². The second kappa shape index (κ2) is 6.64. The van der Waals surface area contributed by atoms with Crippen LogP contribution in [-0.2, 0) is 0 Å². The number of fused-ring (bicyclic) bond motifs is 3. The van der Waals surface area contributed by atoms with Gasteiger partial charge in [-0.25, -0.2) is 8.78 Å². The fourth-order valence-corrected chi connectivity index (χ4v) is 6.27. The lowest BCUT2D eigenvalue weighted by Crippen LogP contribution is -2.49. The summed E-state index contributed by atoms with van der Waals surface area (Å²) in [7, 11) is 0. The summed E-state index contributed by atoms with van der Waals surface area (Å²) in [5, 5.41) is 0. The van der Waals surface area contributed by atoms with Crippen molar-refractivity contribution in [2.75, 3.05) is 0 Å². The molecular formula is C21H36F2. The minimum absolute atomic E-state index is 0.194. The minimum Gasteiger partial charge on any atom is -0.207 e. The average Bonchev–Trinajstić information content (AvgIpc) is 2.56. The summed E-state index contributed by atoms with van der Waals surface area (Å²) in [6, 6.07) is 0. The molecule has 0 amide bonds. The maximum Gasteiger partial charge on any atom is 0.251 e. The largest absolute Gasteiger partial charge is 0.251 e. The van der Waals surface area contributed by atoms with Crippen LogP contribution in [0.4, 0.5) is 8.78 Å². The van der Waals surface area contributed by atoms with Gasteiger partial charge in [0.1, 0.15) is 0 Å². The van der Waals surface area contributed by atoms with Crippen molar-refractivity contribution in [1.82, 2.24) is 0 Å². The third-order valence-corrected chi connectivity index (χ3v) is 8.00. The average molecular weight is 327 g/mol. The van der Waals surface area contributed by atoms with Gasteiger partial charge in [0.05, 0.1) is 0 Å². The van der Waals surface area contributed by atoms with Crippen LogP contribution in [-0.4, -0.2) is 5.92 Å². The van der Waals surface area contributed by atoms with Crippen molar-refractivity contribution >= 4 is 0 Å². The Morgan fingerprint density at radius 3 is 2.04 bits per heavy atom. The van der Waals surface area contributed by atoms with Gasteiger partial charge in [-0.05, 0) is 81.0 Å². The van der Waals surface area contributed by atoms with Crippen molar-refractivity contribution in [3.8, 4) is 0 Å². The fraction of sp³-hybridized carbons (Fsp3) is 1.00. The Morgan fingerprint density at radius 1 is 0.870 bits per heavy atom. The van der Waals surface area contributed by atoms with E-state index in [1.54, 1.807) is 0 Å². The monoisotopic (exact) mass is 326 g/mol. The molecule has 0 aliphatic heterocycles. The van der Waals surface area contributed by atoms with Gasteiger partial charge < -0.3 is 0 Å². The number of unbranched alkanes of at least 4 members (excludes halogenated alkanes) is 1. The van der Waals surface area contributed by atoms with Crippen molar-refractivity contribution in [3.05, 3.63) is 0 Å². The molecule has 2 bridgehead atoms. The first kappa shape index (κ1) is 17.7. The third-order valence-electron chi connectivity index (χ3n) is 8.00. The van der Waals surface area contributed by atoms with E-state index >= 15 is 0 Å². The Balaban J connectivity index is 1.63. The molecule has 2 heteroatoms. The van der Waals surface area contributed by atoms with Crippen LogP contribution in [0.15, 0.2) is 0 Å². The van der Waals surface area contributed by atoms with Crippen LogP contribution in [0.3, 0.4) is 0 Å². The van der Waals surface area contributed by atoms with E-state index < -0.39 is 5.92 Å². The molecule has 4 fully saturated rings. The molecule has 0 radical (unpaired) electrons. The van der Waals surface area contributed by atoms with Crippen LogP contribution in [0.1, 0.15) is 104 Å². The van der Waals surface area contributed by atoms with Crippen LogP contribution >= 0.6 is 0 Å². The van der Waals surface area contributed by atoms with Crippen LogP contribution in [0.25, 0.3) is 0 Å². The lowest BCUT2D eigenvalue weighted by Gasteiger charge is -2.58. The minimum atomic E-state index is -2.40. The topological polar surface area (TPSA) is 0 Å². The normalized spacial score (nSPS) is 42.8. The molecule has 0 nitrogen and oxygen atoms in total. The summed E-state index contributed by atoms with van der Waals surface area (Å²) >= 11 is 0. The fourth-order valence-electron chi connectivity index (χ4n) is 6.27. The number of hydrogen-bond acceptors (Lipinski definition) is 0. The van der Waals surface area contributed by atoms with Gasteiger partial charge in [-0.15, -0.1) is 0 Å².